The zero-order valence-corrected chi connectivity index (χ0v) is 14.5. The SMILES string of the molecule is C=C1NC(=O)N[C@@H](c2cc(Br)cc(OC)c2OC)[C@@H]1C(=O)OC. The summed E-state index contributed by atoms with van der Waals surface area (Å²) >= 11 is 3.39. The third-order valence-corrected chi connectivity index (χ3v) is 3.99. The quantitative estimate of drug-likeness (QED) is 0.776. The molecule has 2 amide bonds. The topological polar surface area (TPSA) is 85.9 Å². The molecule has 7 nitrogen and oxygen atoms in total. The van der Waals surface area contributed by atoms with E-state index in [1.165, 1.54) is 21.3 Å². The van der Waals surface area contributed by atoms with Gasteiger partial charge in [-0.1, -0.05) is 22.5 Å². The summed E-state index contributed by atoms with van der Waals surface area (Å²) < 4.78 is 16.3. The van der Waals surface area contributed by atoms with Crippen molar-refractivity contribution in [3.63, 3.8) is 0 Å². The zero-order chi connectivity index (χ0) is 17.1. The van der Waals surface area contributed by atoms with Gasteiger partial charge in [0, 0.05) is 15.7 Å². The number of rotatable bonds is 4. The highest BCUT2D eigenvalue weighted by Gasteiger charge is 2.40. The first kappa shape index (κ1) is 17.1. The van der Waals surface area contributed by atoms with Crippen molar-refractivity contribution in [3.8, 4) is 11.5 Å². The Morgan fingerprint density at radius 2 is 1.96 bits per heavy atom. The molecular formula is C15H17BrN2O5. The van der Waals surface area contributed by atoms with Crippen LogP contribution in [0.5, 0.6) is 11.5 Å². The van der Waals surface area contributed by atoms with Crippen LogP contribution in [0.15, 0.2) is 28.9 Å². The maximum absolute atomic E-state index is 12.1. The Bertz CT molecular complexity index is 662. The van der Waals surface area contributed by atoms with Gasteiger partial charge in [-0.25, -0.2) is 4.79 Å². The van der Waals surface area contributed by atoms with Crippen molar-refractivity contribution in [2.24, 2.45) is 5.92 Å². The van der Waals surface area contributed by atoms with Gasteiger partial charge < -0.3 is 24.8 Å². The van der Waals surface area contributed by atoms with Crippen LogP contribution >= 0.6 is 15.9 Å². The van der Waals surface area contributed by atoms with E-state index in [9.17, 15) is 9.59 Å². The van der Waals surface area contributed by atoms with E-state index in [1.54, 1.807) is 12.1 Å². The van der Waals surface area contributed by atoms with E-state index in [0.717, 1.165) is 0 Å². The summed E-state index contributed by atoms with van der Waals surface area (Å²) in [5.74, 6) is -0.428. The fourth-order valence-corrected chi connectivity index (χ4v) is 2.99. The Kier molecular flexibility index (Phi) is 5.15. The molecule has 0 bridgehead atoms. The number of urea groups is 1. The van der Waals surface area contributed by atoms with Crippen molar-refractivity contribution in [2.75, 3.05) is 21.3 Å². The molecule has 2 N–H and O–H groups in total. The van der Waals surface area contributed by atoms with Crippen LogP contribution in [0.3, 0.4) is 0 Å². The molecule has 0 radical (unpaired) electrons. The molecule has 0 spiro atoms. The Morgan fingerprint density at radius 1 is 1.26 bits per heavy atom. The van der Waals surface area contributed by atoms with Gasteiger partial charge >= 0.3 is 12.0 Å². The number of methoxy groups -OCH3 is 3. The van der Waals surface area contributed by atoms with Crippen molar-refractivity contribution >= 4 is 27.9 Å². The summed E-state index contributed by atoms with van der Waals surface area (Å²) in [5.41, 5.74) is 0.830. The molecular weight excluding hydrogens is 368 g/mol. The van der Waals surface area contributed by atoms with Gasteiger partial charge in [0.25, 0.3) is 0 Å². The summed E-state index contributed by atoms with van der Waals surface area (Å²) in [6.07, 6.45) is 0. The molecule has 124 valence electrons. The number of ether oxygens (including phenoxy) is 3. The van der Waals surface area contributed by atoms with Crippen molar-refractivity contribution in [1.82, 2.24) is 10.6 Å². The summed E-state index contributed by atoms with van der Waals surface area (Å²) in [4.78, 5) is 24.0. The van der Waals surface area contributed by atoms with Crippen LogP contribution in [0.1, 0.15) is 11.6 Å². The van der Waals surface area contributed by atoms with Crippen molar-refractivity contribution < 1.29 is 23.8 Å². The minimum atomic E-state index is -0.800. The van der Waals surface area contributed by atoms with Crippen molar-refractivity contribution in [1.29, 1.82) is 0 Å². The Morgan fingerprint density at radius 3 is 2.52 bits per heavy atom. The largest absolute Gasteiger partial charge is 0.493 e. The van der Waals surface area contributed by atoms with Crippen LogP contribution < -0.4 is 20.1 Å². The molecule has 1 heterocycles. The van der Waals surface area contributed by atoms with Gasteiger partial charge in [-0.15, -0.1) is 0 Å². The summed E-state index contributed by atoms with van der Waals surface area (Å²) in [6.45, 7) is 3.75. The maximum atomic E-state index is 12.1. The second kappa shape index (κ2) is 6.91. The van der Waals surface area contributed by atoms with E-state index in [0.29, 0.717) is 21.5 Å². The molecule has 2 rings (SSSR count). The van der Waals surface area contributed by atoms with Crippen LogP contribution in [0.2, 0.25) is 0 Å². The standard InChI is InChI=1S/C15H17BrN2O5/c1-7-11(14(19)23-4)12(18-15(20)17-7)9-5-8(16)6-10(21-2)13(9)22-3/h5-6,11-12H,1H2,2-4H3,(H2,17,18,20)/t11-,12+/m1/s1. The summed E-state index contributed by atoms with van der Waals surface area (Å²) in [5, 5.41) is 5.21. The molecule has 0 aromatic heterocycles. The number of amides is 2. The van der Waals surface area contributed by atoms with Gasteiger partial charge in [-0.05, 0) is 12.1 Å². The number of halogens is 1. The highest BCUT2D eigenvalue weighted by molar-refractivity contribution is 9.10. The first-order valence-corrected chi connectivity index (χ1v) is 7.47. The van der Waals surface area contributed by atoms with E-state index in [2.05, 4.69) is 33.1 Å². The second-order valence-corrected chi connectivity index (χ2v) is 5.75. The third kappa shape index (κ3) is 3.26. The van der Waals surface area contributed by atoms with Crippen LogP contribution in [-0.2, 0) is 9.53 Å². The molecule has 1 aliphatic rings. The Labute approximate surface area is 142 Å². The van der Waals surface area contributed by atoms with E-state index in [1.807, 2.05) is 0 Å². The summed E-state index contributed by atoms with van der Waals surface area (Å²) in [6, 6.07) is 2.32. The first-order chi connectivity index (χ1) is 10.9. The van der Waals surface area contributed by atoms with E-state index >= 15 is 0 Å². The lowest BCUT2D eigenvalue weighted by Gasteiger charge is -2.33. The molecule has 1 aromatic carbocycles. The van der Waals surface area contributed by atoms with Crippen LogP contribution in [0, 0.1) is 5.92 Å². The Balaban J connectivity index is 2.60. The van der Waals surface area contributed by atoms with Crippen molar-refractivity contribution in [2.45, 2.75) is 6.04 Å². The van der Waals surface area contributed by atoms with Gasteiger partial charge in [0.2, 0.25) is 0 Å². The maximum Gasteiger partial charge on any atom is 0.319 e. The second-order valence-electron chi connectivity index (χ2n) is 4.83. The van der Waals surface area contributed by atoms with E-state index in [-0.39, 0.29) is 5.70 Å². The molecule has 1 aromatic rings. The predicted octanol–water partition coefficient (Wildman–Crippen LogP) is 2.12. The summed E-state index contributed by atoms with van der Waals surface area (Å²) in [7, 11) is 4.27. The highest BCUT2D eigenvalue weighted by Crippen LogP contribution is 2.42. The monoisotopic (exact) mass is 384 g/mol. The molecule has 8 heteroatoms. The minimum absolute atomic E-state index is 0.256. The smallest absolute Gasteiger partial charge is 0.319 e. The number of carbonyl (C=O) groups is 2. The number of benzene rings is 1. The van der Waals surface area contributed by atoms with Gasteiger partial charge in [0.15, 0.2) is 11.5 Å². The lowest BCUT2D eigenvalue weighted by Crippen LogP contribution is -2.51. The average Bonchev–Trinajstić information content (AvgIpc) is 2.52. The molecule has 0 aliphatic carbocycles. The number of nitrogens with one attached hydrogen (secondary N) is 2. The molecule has 1 saturated heterocycles. The fourth-order valence-electron chi connectivity index (χ4n) is 2.54. The zero-order valence-electron chi connectivity index (χ0n) is 12.9. The van der Waals surface area contributed by atoms with Crippen molar-refractivity contribution in [3.05, 3.63) is 34.4 Å². The van der Waals surface area contributed by atoms with Gasteiger partial charge in [-0.2, -0.15) is 0 Å². The Hall–Kier alpha value is -2.22. The third-order valence-electron chi connectivity index (χ3n) is 3.53. The van der Waals surface area contributed by atoms with Crippen LogP contribution in [0.25, 0.3) is 0 Å². The minimum Gasteiger partial charge on any atom is -0.493 e. The number of esters is 1. The molecule has 1 fully saturated rings. The molecule has 1 aliphatic heterocycles. The number of hydrogen-bond acceptors (Lipinski definition) is 5. The van der Waals surface area contributed by atoms with Gasteiger partial charge in [-0.3, -0.25) is 4.79 Å². The molecule has 23 heavy (non-hydrogen) atoms. The van der Waals surface area contributed by atoms with Crippen LogP contribution in [0.4, 0.5) is 4.79 Å². The number of carbonyl (C=O) groups excluding carboxylic acids is 2. The molecule has 2 atom stereocenters. The molecule has 0 saturated carbocycles. The van der Waals surface area contributed by atoms with Gasteiger partial charge in [0.05, 0.1) is 27.4 Å². The first-order valence-electron chi connectivity index (χ1n) is 6.68. The highest BCUT2D eigenvalue weighted by atomic mass is 79.9. The average molecular weight is 385 g/mol. The van der Waals surface area contributed by atoms with Gasteiger partial charge in [0.1, 0.15) is 5.92 Å². The van der Waals surface area contributed by atoms with E-state index < -0.39 is 24.0 Å². The fraction of sp³-hybridized carbons (Fsp3) is 0.333. The predicted molar refractivity (Wildman–Crippen MR) is 86.3 cm³/mol. The normalized spacial score (nSPS) is 20.3. The molecule has 0 unspecified atom stereocenters. The lowest BCUT2D eigenvalue weighted by molar-refractivity contribution is -0.145. The lowest BCUT2D eigenvalue weighted by atomic mass is 9.88. The van der Waals surface area contributed by atoms with Crippen LogP contribution in [-0.4, -0.2) is 33.3 Å². The number of hydrogen-bond donors (Lipinski definition) is 2. The van der Waals surface area contributed by atoms with E-state index in [4.69, 9.17) is 14.2 Å².